The molecule has 0 aromatic heterocycles. The highest BCUT2D eigenvalue weighted by atomic mass is 35.5. The average molecular weight is 282 g/mol. The molecule has 0 radical (unpaired) electrons. The van der Waals surface area contributed by atoms with Gasteiger partial charge in [-0.2, -0.15) is 0 Å². The van der Waals surface area contributed by atoms with Gasteiger partial charge < -0.3 is 5.32 Å². The second-order valence-electron chi connectivity index (χ2n) is 5.31. The van der Waals surface area contributed by atoms with Crippen molar-refractivity contribution in [3.63, 3.8) is 0 Å². The van der Waals surface area contributed by atoms with Gasteiger partial charge in [-0.05, 0) is 43.1 Å². The zero-order valence-corrected chi connectivity index (χ0v) is 13.4. The summed E-state index contributed by atoms with van der Waals surface area (Å²) in [4.78, 5) is 0. The molecular formula is C17H28ClN. The fraction of sp³-hybridized carbons (Fsp3) is 0.647. The lowest BCUT2D eigenvalue weighted by molar-refractivity contribution is 0.477. The van der Waals surface area contributed by atoms with Gasteiger partial charge in [0.25, 0.3) is 0 Å². The summed E-state index contributed by atoms with van der Waals surface area (Å²) >= 11 is 6.04. The molecule has 0 aliphatic rings. The molecule has 0 bridgehead atoms. The quantitative estimate of drug-likeness (QED) is 0.576. The third-order valence-corrected chi connectivity index (χ3v) is 3.89. The summed E-state index contributed by atoms with van der Waals surface area (Å²) in [5.41, 5.74) is 2.70. The summed E-state index contributed by atoms with van der Waals surface area (Å²) in [7, 11) is 0. The Labute approximate surface area is 123 Å². The van der Waals surface area contributed by atoms with Gasteiger partial charge in [0.2, 0.25) is 0 Å². The van der Waals surface area contributed by atoms with E-state index in [1.807, 2.05) is 6.07 Å². The molecule has 1 rings (SSSR count). The fourth-order valence-electron chi connectivity index (χ4n) is 2.60. The molecule has 0 aliphatic carbocycles. The van der Waals surface area contributed by atoms with Crippen molar-refractivity contribution in [3.05, 3.63) is 34.3 Å². The second kappa shape index (κ2) is 9.39. The van der Waals surface area contributed by atoms with Gasteiger partial charge in [0.1, 0.15) is 0 Å². The van der Waals surface area contributed by atoms with Crippen LogP contribution in [-0.2, 0) is 0 Å². The number of hydrogen-bond donors (Lipinski definition) is 1. The Morgan fingerprint density at radius 2 is 1.84 bits per heavy atom. The molecule has 0 spiro atoms. The third kappa shape index (κ3) is 5.97. The number of halogens is 1. The van der Waals surface area contributed by atoms with Crippen molar-refractivity contribution in [2.45, 2.75) is 65.3 Å². The maximum Gasteiger partial charge on any atom is 0.0408 e. The summed E-state index contributed by atoms with van der Waals surface area (Å²) < 4.78 is 0. The Morgan fingerprint density at radius 3 is 2.47 bits per heavy atom. The smallest absolute Gasteiger partial charge is 0.0408 e. The van der Waals surface area contributed by atoms with Gasteiger partial charge in [-0.1, -0.05) is 63.6 Å². The molecule has 1 atom stereocenters. The molecule has 0 heterocycles. The van der Waals surface area contributed by atoms with E-state index >= 15 is 0 Å². The number of aryl methyl sites for hydroxylation is 1. The predicted molar refractivity (Wildman–Crippen MR) is 86.0 cm³/mol. The van der Waals surface area contributed by atoms with Crippen molar-refractivity contribution in [3.8, 4) is 0 Å². The first kappa shape index (κ1) is 16.5. The Morgan fingerprint density at radius 1 is 1.11 bits per heavy atom. The normalized spacial score (nSPS) is 12.6. The van der Waals surface area contributed by atoms with Crippen LogP contribution in [0.15, 0.2) is 18.2 Å². The van der Waals surface area contributed by atoms with Gasteiger partial charge in [-0.3, -0.25) is 0 Å². The van der Waals surface area contributed by atoms with E-state index in [0.29, 0.717) is 6.04 Å². The topological polar surface area (TPSA) is 12.0 Å². The lowest BCUT2D eigenvalue weighted by atomic mass is 9.96. The molecule has 1 nitrogen and oxygen atoms in total. The van der Waals surface area contributed by atoms with Gasteiger partial charge in [0.05, 0.1) is 0 Å². The molecule has 0 amide bonds. The fourth-order valence-corrected chi connectivity index (χ4v) is 2.82. The summed E-state index contributed by atoms with van der Waals surface area (Å²) in [6.07, 6.45) is 7.93. The summed E-state index contributed by atoms with van der Waals surface area (Å²) in [6.45, 7) is 7.61. The van der Waals surface area contributed by atoms with Gasteiger partial charge in [-0.15, -0.1) is 0 Å². The van der Waals surface area contributed by atoms with Crippen molar-refractivity contribution in [2.75, 3.05) is 6.54 Å². The van der Waals surface area contributed by atoms with Crippen LogP contribution < -0.4 is 5.32 Å². The number of rotatable bonds is 9. The summed E-state index contributed by atoms with van der Waals surface area (Å²) in [5, 5.41) is 4.44. The Hall–Kier alpha value is -0.530. The molecule has 1 N–H and O–H groups in total. The van der Waals surface area contributed by atoms with E-state index in [1.54, 1.807) is 0 Å². The molecule has 0 saturated heterocycles. The third-order valence-electron chi connectivity index (χ3n) is 3.65. The molecule has 19 heavy (non-hydrogen) atoms. The molecule has 108 valence electrons. The van der Waals surface area contributed by atoms with Gasteiger partial charge in [0, 0.05) is 11.1 Å². The van der Waals surface area contributed by atoms with E-state index in [1.165, 1.54) is 49.7 Å². The maximum absolute atomic E-state index is 6.04. The Kier molecular flexibility index (Phi) is 8.16. The largest absolute Gasteiger partial charge is 0.310 e. The van der Waals surface area contributed by atoms with E-state index in [-0.39, 0.29) is 0 Å². The van der Waals surface area contributed by atoms with Gasteiger partial charge in [-0.25, -0.2) is 0 Å². The van der Waals surface area contributed by atoms with E-state index in [9.17, 15) is 0 Å². The van der Waals surface area contributed by atoms with Crippen molar-refractivity contribution in [1.82, 2.24) is 5.32 Å². The van der Waals surface area contributed by atoms with Gasteiger partial charge in [0.15, 0.2) is 0 Å². The molecule has 2 heteroatoms. The highest BCUT2D eigenvalue weighted by molar-refractivity contribution is 6.30. The van der Waals surface area contributed by atoms with Gasteiger partial charge >= 0.3 is 0 Å². The Bertz CT molecular complexity index is 362. The number of hydrogen-bond acceptors (Lipinski definition) is 1. The van der Waals surface area contributed by atoms with Crippen molar-refractivity contribution in [1.29, 1.82) is 0 Å². The van der Waals surface area contributed by atoms with E-state index in [4.69, 9.17) is 11.6 Å². The van der Waals surface area contributed by atoms with E-state index in [0.717, 1.165) is 11.6 Å². The standard InChI is InChI=1S/C17H28ClN/c1-4-6-7-8-9-10-17(19-5-2)16-12-11-15(18)13-14(16)3/h11-13,17,19H,4-10H2,1-3H3. The van der Waals surface area contributed by atoms with Crippen molar-refractivity contribution >= 4 is 11.6 Å². The second-order valence-corrected chi connectivity index (χ2v) is 5.75. The van der Waals surface area contributed by atoms with E-state index in [2.05, 4.69) is 38.2 Å². The highest BCUT2D eigenvalue weighted by Crippen LogP contribution is 2.25. The monoisotopic (exact) mass is 281 g/mol. The van der Waals surface area contributed by atoms with Crippen LogP contribution >= 0.6 is 11.6 Å². The first-order chi connectivity index (χ1) is 9.19. The number of nitrogens with one attached hydrogen (secondary N) is 1. The van der Waals surface area contributed by atoms with Crippen LogP contribution in [0.4, 0.5) is 0 Å². The molecular weight excluding hydrogens is 254 g/mol. The average Bonchev–Trinajstić information content (AvgIpc) is 2.38. The van der Waals surface area contributed by atoms with Crippen molar-refractivity contribution < 1.29 is 0 Å². The molecule has 1 aromatic rings. The Balaban J connectivity index is 2.55. The lowest BCUT2D eigenvalue weighted by Gasteiger charge is -2.20. The number of unbranched alkanes of at least 4 members (excludes halogenated alkanes) is 4. The number of benzene rings is 1. The SMILES string of the molecule is CCCCCCCC(NCC)c1ccc(Cl)cc1C. The first-order valence-corrected chi connectivity index (χ1v) is 8.06. The zero-order valence-electron chi connectivity index (χ0n) is 12.6. The maximum atomic E-state index is 6.04. The zero-order chi connectivity index (χ0) is 14.1. The summed E-state index contributed by atoms with van der Waals surface area (Å²) in [5.74, 6) is 0. The molecule has 0 aliphatic heterocycles. The minimum absolute atomic E-state index is 0.476. The first-order valence-electron chi connectivity index (χ1n) is 7.68. The van der Waals surface area contributed by atoms with Crippen LogP contribution in [0.1, 0.15) is 69.5 Å². The summed E-state index contributed by atoms with van der Waals surface area (Å²) in [6, 6.07) is 6.73. The van der Waals surface area contributed by atoms with Crippen LogP contribution in [0.3, 0.4) is 0 Å². The van der Waals surface area contributed by atoms with E-state index < -0.39 is 0 Å². The molecule has 1 aromatic carbocycles. The molecule has 0 fully saturated rings. The van der Waals surface area contributed by atoms with Crippen LogP contribution in [0.25, 0.3) is 0 Å². The van der Waals surface area contributed by atoms with Crippen LogP contribution in [0.2, 0.25) is 5.02 Å². The lowest BCUT2D eigenvalue weighted by Crippen LogP contribution is -2.21. The van der Waals surface area contributed by atoms with Crippen LogP contribution in [0.5, 0.6) is 0 Å². The molecule has 0 saturated carbocycles. The minimum atomic E-state index is 0.476. The minimum Gasteiger partial charge on any atom is -0.310 e. The molecule has 1 unspecified atom stereocenters. The predicted octanol–water partition coefficient (Wildman–Crippen LogP) is 5.66. The van der Waals surface area contributed by atoms with Crippen LogP contribution in [0, 0.1) is 6.92 Å². The van der Waals surface area contributed by atoms with Crippen LogP contribution in [-0.4, -0.2) is 6.54 Å². The van der Waals surface area contributed by atoms with Crippen molar-refractivity contribution in [2.24, 2.45) is 0 Å². The highest BCUT2D eigenvalue weighted by Gasteiger charge is 2.12.